The van der Waals surface area contributed by atoms with E-state index in [1.165, 1.54) is 18.2 Å². The summed E-state index contributed by atoms with van der Waals surface area (Å²) in [5.74, 6) is -0.573. The lowest BCUT2D eigenvalue weighted by molar-refractivity contribution is 0.0644. The number of alkyl halides is 1. The normalized spacial score (nSPS) is 16.6. The Hall–Kier alpha value is -1.27. The number of carbonyl (C=O) groups excluding carboxylic acids is 1. The lowest BCUT2D eigenvalue weighted by atomic mass is 10.1. The number of piperazine rings is 1. The number of nitrogens with zero attached hydrogens (tertiary/aromatic N) is 2. The summed E-state index contributed by atoms with van der Waals surface area (Å²) in [6.07, 6.45) is 0. The van der Waals surface area contributed by atoms with Gasteiger partial charge in [0, 0.05) is 43.6 Å². The Bertz CT molecular complexity index is 459. The SMILES string of the molecule is O=C(c1ccc(O)c(O)c1)N1CCN(CCBr)CC1. The highest BCUT2D eigenvalue weighted by Crippen LogP contribution is 2.25. The maximum Gasteiger partial charge on any atom is 0.254 e. The van der Waals surface area contributed by atoms with Crippen molar-refractivity contribution >= 4 is 21.8 Å². The second-order valence-electron chi connectivity index (χ2n) is 4.53. The van der Waals surface area contributed by atoms with Crippen LogP contribution in [0.3, 0.4) is 0 Å². The van der Waals surface area contributed by atoms with Gasteiger partial charge in [-0.15, -0.1) is 0 Å². The van der Waals surface area contributed by atoms with Crippen molar-refractivity contribution in [3.63, 3.8) is 0 Å². The molecule has 0 radical (unpaired) electrons. The molecule has 0 saturated carbocycles. The predicted molar refractivity (Wildman–Crippen MR) is 75.9 cm³/mol. The smallest absolute Gasteiger partial charge is 0.254 e. The zero-order chi connectivity index (χ0) is 13.8. The van der Waals surface area contributed by atoms with E-state index < -0.39 is 0 Å². The molecule has 0 unspecified atom stereocenters. The molecule has 1 aromatic rings. The lowest BCUT2D eigenvalue weighted by Crippen LogP contribution is -2.49. The Morgan fingerprint density at radius 2 is 1.84 bits per heavy atom. The Balaban J connectivity index is 1.99. The van der Waals surface area contributed by atoms with Gasteiger partial charge in [0.1, 0.15) is 0 Å². The third-order valence-corrected chi connectivity index (χ3v) is 3.64. The van der Waals surface area contributed by atoms with Crippen LogP contribution < -0.4 is 0 Å². The topological polar surface area (TPSA) is 64.0 Å². The first-order valence-electron chi connectivity index (χ1n) is 6.21. The van der Waals surface area contributed by atoms with Crippen LogP contribution >= 0.6 is 15.9 Å². The van der Waals surface area contributed by atoms with Gasteiger partial charge in [0.15, 0.2) is 11.5 Å². The van der Waals surface area contributed by atoms with Crippen molar-refractivity contribution in [2.24, 2.45) is 0 Å². The molecule has 0 atom stereocenters. The second-order valence-corrected chi connectivity index (χ2v) is 5.32. The van der Waals surface area contributed by atoms with E-state index in [2.05, 4.69) is 20.8 Å². The van der Waals surface area contributed by atoms with Gasteiger partial charge in [0.25, 0.3) is 5.91 Å². The molecule has 0 aromatic heterocycles. The highest BCUT2D eigenvalue weighted by Gasteiger charge is 2.22. The molecule has 0 aliphatic carbocycles. The van der Waals surface area contributed by atoms with Crippen LogP contribution in [-0.2, 0) is 0 Å². The van der Waals surface area contributed by atoms with Crippen molar-refractivity contribution in [3.8, 4) is 11.5 Å². The number of hydrogen-bond donors (Lipinski definition) is 2. The first kappa shape index (κ1) is 14.1. The average Bonchev–Trinajstić information content (AvgIpc) is 2.42. The fourth-order valence-electron chi connectivity index (χ4n) is 2.13. The van der Waals surface area contributed by atoms with E-state index in [4.69, 9.17) is 0 Å². The van der Waals surface area contributed by atoms with E-state index in [1.54, 1.807) is 4.90 Å². The van der Waals surface area contributed by atoms with Crippen molar-refractivity contribution in [1.29, 1.82) is 0 Å². The molecule has 2 N–H and O–H groups in total. The minimum Gasteiger partial charge on any atom is -0.504 e. The van der Waals surface area contributed by atoms with Gasteiger partial charge in [-0.05, 0) is 18.2 Å². The van der Waals surface area contributed by atoms with Crippen LogP contribution in [0.1, 0.15) is 10.4 Å². The third kappa shape index (κ3) is 3.39. The Morgan fingerprint density at radius 3 is 2.42 bits per heavy atom. The molecule has 6 heteroatoms. The van der Waals surface area contributed by atoms with Gasteiger partial charge in [-0.1, -0.05) is 15.9 Å². The highest BCUT2D eigenvalue weighted by molar-refractivity contribution is 9.09. The molecule has 1 aliphatic rings. The third-order valence-electron chi connectivity index (χ3n) is 3.28. The zero-order valence-electron chi connectivity index (χ0n) is 10.5. The summed E-state index contributed by atoms with van der Waals surface area (Å²) in [5, 5.41) is 19.6. The minimum absolute atomic E-state index is 0.103. The van der Waals surface area contributed by atoms with Crippen molar-refractivity contribution in [2.75, 3.05) is 38.1 Å². The Kier molecular flexibility index (Phi) is 4.66. The average molecular weight is 329 g/mol. The summed E-state index contributed by atoms with van der Waals surface area (Å²) >= 11 is 3.41. The molecule has 1 amide bonds. The molecule has 1 aliphatic heterocycles. The van der Waals surface area contributed by atoms with Crippen LogP contribution in [-0.4, -0.2) is 64.0 Å². The number of phenols is 2. The van der Waals surface area contributed by atoms with Crippen molar-refractivity contribution < 1.29 is 15.0 Å². The summed E-state index contributed by atoms with van der Waals surface area (Å²) < 4.78 is 0. The second kappa shape index (κ2) is 6.25. The van der Waals surface area contributed by atoms with Crippen LogP contribution in [0.25, 0.3) is 0 Å². The first-order valence-corrected chi connectivity index (χ1v) is 7.33. The van der Waals surface area contributed by atoms with Crippen LogP contribution in [0.4, 0.5) is 0 Å². The summed E-state index contributed by atoms with van der Waals surface area (Å²) in [6.45, 7) is 4.09. The molecule has 1 fully saturated rings. The van der Waals surface area contributed by atoms with Crippen LogP contribution in [0.5, 0.6) is 11.5 Å². The number of rotatable bonds is 3. The maximum atomic E-state index is 12.2. The largest absolute Gasteiger partial charge is 0.504 e. The molecular weight excluding hydrogens is 312 g/mol. The van der Waals surface area contributed by atoms with E-state index in [-0.39, 0.29) is 17.4 Å². The quantitative estimate of drug-likeness (QED) is 0.647. The molecule has 1 heterocycles. The summed E-state index contributed by atoms with van der Waals surface area (Å²) in [4.78, 5) is 16.3. The van der Waals surface area contributed by atoms with Gasteiger partial charge in [-0.25, -0.2) is 0 Å². The summed E-state index contributed by atoms with van der Waals surface area (Å²) in [5.41, 5.74) is 0.407. The zero-order valence-corrected chi connectivity index (χ0v) is 12.1. The van der Waals surface area contributed by atoms with E-state index in [9.17, 15) is 15.0 Å². The molecule has 5 nitrogen and oxygen atoms in total. The van der Waals surface area contributed by atoms with Gasteiger partial charge in [-0.3, -0.25) is 9.69 Å². The van der Waals surface area contributed by atoms with E-state index in [0.29, 0.717) is 18.7 Å². The van der Waals surface area contributed by atoms with E-state index in [0.717, 1.165) is 25.0 Å². The Morgan fingerprint density at radius 1 is 1.16 bits per heavy atom. The molecule has 1 aromatic carbocycles. The number of hydrogen-bond acceptors (Lipinski definition) is 4. The molecule has 2 rings (SSSR count). The highest BCUT2D eigenvalue weighted by atomic mass is 79.9. The van der Waals surface area contributed by atoms with E-state index in [1.807, 2.05) is 0 Å². The standard InChI is InChI=1S/C13H17BrN2O3/c14-3-4-15-5-7-16(8-6-15)13(19)10-1-2-11(17)12(18)9-10/h1-2,9,17-18H,3-8H2. The van der Waals surface area contributed by atoms with Crippen molar-refractivity contribution in [2.45, 2.75) is 0 Å². The number of amides is 1. The van der Waals surface area contributed by atoms with Gasteiger partial charge >= 0.3 is 0 Å². The van der Waals surface area contributed by atoms with Crippen molar-refractivity contribution in [1.82, 2.24) is 9.80 Å². The van der Waals surface area contributed by atoms with Crippen LogP contribution in [0, 0.1) is 0 Å². The maximum absolute atomic E-state index is 12.2. The predicted octanol–water partition coefficient (Wildman–Crippen LogP) is 1.25. The summed E-state index contributed by atoms with van der Waals surface area (Å²) in [7, 11) is 0. The number of benzene rings is 1. The number of halogens is 1. The number of aromatic hydroxyl groups is 2. The van der Waals surface area contributed by atoms with Gasteiger partial charge in [0.05, 0.1) is 0 Å². The van der Waals surface area contributed by atoms with Gasteiger partial charge < -0.3 is 15.1 Å². The first-order chi connectivity index (χ1) is 9.11. The summed E-state index contributed by atoms with van der Waals surface area (Å²) in [6, 6.07) is 4.18. The molecular formula is C13H17BrN2O3. The van der Waals surface area contributed by atoms with Crippen LogP contribution in [0.2, 0.25) is 0 Å². The molecule has 104 valence electrons. The lowest BCUT2D eigenvalue weighted by Gasteiger charge is -2.34. The molecule has 0 spiro atoms. The molecule has 0 bridgehead atoms. The fourth-order valence-corrected chi connectivity index (χ4v) is 2.63. The van der Waals surface area contributed by atoms with E-state index >= 15 is 0 Å². The van der Waals surface area contributed by atoms with Gasteiger partial charge in [0.2, 0.25) is 0 Å². The number of carbonyl (C=O) groups is 1. The van der Waals surface area contributed by atoms with Crippen molar-refractivity contribution in [3.05, 3.63) is 23.8 Å². The molecule has 1 saturated heterocycles. The monoisotopic (exact) mass is 328 g/mol. The Labute approximate surface area is 120 Å². The minimum atomic E-state index is -0.260. The van der Waals surface area contributed by atoms with Crippen LogP contribution in [0.15, 0.2) is 18.2 Å². The fraction of sp³-hybridized carbons (Fsp3) is 0.462. The van der Waals surface area contributed by atoms with Gasteiger partial charge in [-0.2, -0.15) is 0 Å². The molecule has 19 heavy (non-hydrogen) atoms. The number of phenolic OH excluding ortho intramolecular Hbond substituents is 2.